The summed E-state index contributed by atoms with van der Waals surface area (Å²) in [6.45, 7) is 4.66. The van der Waals surface area contributed by atoms with E-state index in [0.29, 0.717) is 5.75 Å². The Balaban J connectivity index is 1.56. The first-order chi connectivity index (χ1) is 13.3. The first-order valence-corrected chi connectivity index (χ1v) is 10.4. The van der Waals surface area contributed by atoms with E-state index in [0.717, 1.165) is 17.2 Å². The second-order valence-corrected chi connectivity index (χ2v) is 8.74. The van der Waals surface area contributed by atoms with Crippen molar-refractivity contribution in [3.63, 3.8) is 0 Å². The molecule has 0 radical (unpaired) electrons. The van der Waals surface area contributed by atoms with Gasteiger partial charge in [0.15, 0.2) is 6.61 Å². The molecule has 1 heterocycles. The topological polar surface area (TPSA) is 66.9 Å². The van der Waals surface area contributed by atoms with E-state index < -0.39 is 15.8 Å². The smallest absolute Gasteiger partial charge is 0.260 e. The van der Waals surface area contributed by atoms with Crippen molar-refractivity contribution in [2.75, 3.05) is 32.8 Å². The van der Waals surface area contributed by atoms with Gasteiger partial charge < -0.3 is 9.64 Å². The lowest BCUT2D eigenvalue weighted by molar-refractivity contribution is -0.134. The molecule has 1 aliphatic rings. The first-order valence-electron chi connectivity index (χ1n) is 9.01. The van der Waals surface area contributed by atoms with Gasteiger partial charge in [-0.15, -0.1) is 0 Å². The third-order valence-corrected chi connectivity index (χ3v) is 6.60. The molecule has 150 valence electrons. The minimum atomic E-state index is -3.77. The number of sulfonamides is 1. The molecular formula is C20H23FN2O4S. The minimum Gasteiger partial charge on any atom is -0.484 e. The molecule has 0 aliphatic carbocycles. The zero-order valence-corrected chi connectivity index (χ0v) is 16.7. The average Bonchev–Trinajstić information content (AvgIpc) is 2.67. The maximum atomic E-state index is 13.4. The van der Waals surface area contributed by atoms with Crippen LogP contribution in [0.1, 0.15) is 11.1 Å². The summed E-state index contributed by atoms with van der Waals surface area (Å²) in [4.78, 5) is 13.9. The average molecular weight is 406 g/mol. The fourth-order valence-electron chi connectivity index (χ4n) is 3.15. The third-order valence-electron chi connectivity index (χ3n) is 4.71. The molecule has 0 aromatic heterocycles. The van der Waals surface area contributed by atoms with Crippen molar-refractivity contribution in [2.24, 2.45) is 0 Å². The lowest BCUT2D eigenvalue weighted by Gasteiger charge is -2.34. The Labute approximate surface area is 164 Å². The minimum absolute atomic E-state index is 0.0783. The van der Waals surface area contributed by atoms with E-state index in [-0.39, 0.29) is 43.6 Å². The van der Waals surface area contributed by atoms with Crippen LogP contribution in [0.15, 0.2) is 47.4 Å². The van der Waals surface area contributed by atoms with Crippen LogP contribution in [0.2, 0.25) is 0 Å². The van der Waals surface area contributed by atoms with Crippen LogP contribution in [0.5, 0.6) is 5.75 Å². The fraction of sp³-hybridized carbons (Fsp3) is 0.350. The number of aryl methyl sites for hydroxylation is 2. The van der Waals surface area contributed by atoms with Gasteiger partial charge in [-0.25, -0.2) is 12.8 Å². The van der Waals surface area contributed by atoms with Crippen molar-refractivity contribution in [2.45, 2.75) is 18.7 Å². The SMILES string of the molecule is Cc1ccc(OCC(=O)N2CCN(S(=O)(=O)c3cccc(F)c3)CC2)c(C)c1. The zero-order chi connectivity index (χ0) is 20.3. The number of halogens is 1. The van der Waals surface area contributed by atoms with Gasteiger partial charge in [-0.3, -0.25) is 4.79 Å². The number of hydrogen-bond acceptors (Lipinski definition) is 4. The van der Waals surface area contributed by atoms with Crippen LogP contribution in [-0.4, -0.2) is 56.3 Å². The highest BCUT2D eigenvalue weighted by atomic mass is 32.2. The summed E-state index contributed by atoms with van der Waals surface area (Å²) in [7, 11) is -3.77. The molecule has 0 N–H and O–H groups in total. The van der Waals surface area contributed by atoms with Crippen LogP contribution >= 0.6 is 0 Å². The van der Waals surface area contributed by atoms with Crippen molar-refractivity contribution >= 4 is 15.9 Å². The maximum Gasteiger partial charge on any atom is 0.260 e. The normalized spacial score (nSPS) is 15.5. The van der Waals surface area contributed by atoms with Crippen molar-refractivity contribution in [1.82, 2.24) is 9.21 Å². The molecule has 2 aromatic carbocycles. The second-order valence-electron chi connectivity index (χ2n) is 6.80. The summed E-state index contributed by atoms with van der Waals surface area (Å²) in [6, 6.07) is 10.7. The van der Waals surface area contributed by atoms with E-state index in [1.54, 1.807) is 4.90 Å². The molecule has 0 unspecified atom stereocenters. The molecule has 0 bridgehead atoms. The molecule has 0 atom stereocenters. The van der Waals surface area contributed by atoms with Gasteiger partial charge in [0, 0.05) is 26.2 Å². The van der Waals surface area contributed by atoms with Gasteiger partial charge in [0.1, 0.15) is 11.6 Å². The molecule has 0 spiro atoms. The number of amides is 1. The molecule has 1 fully saturated rings. The highest BCUT2D eigenvalue weighted by molar-refractivity contribution is 7.89. The summed E-state index contributed by atoms with van der Waals surface area (Å²) in [5.41, 5.74) is 2.07. The molecule has 1 saturated heterocycles. The summed E-state index contributed by atoms with van der Waals surface area (Å²) < 4.78 is 45.5. The summed E-state index contributed by atoms with van der Waals surface area (Å²) in [5, 5.41) is 0. The number of nitrogens with zero attached hydrogens (tertiary/aromatic N) is 2. The fourth-order valence-corrected chi connectivity index (χ4v) is 4.60. The second kappa shape index (κ2) is 8.28. The molecule has 6 nitrogen and oxygen atoms in total. The highest BCUT2D eigenvalue weighted by Crippen LogP contribution is 2.20. The quantitative estimate of drug-likeness (QED) is 0.765. The standard InChI is InChI=1S/C20H23FN2O4S/c1-15-6-7-19(16(2)12-15)27-14-20(24)22-8-10-23(11-9-22)28(25,26)18-5-3-4-17(21)13-18/h3-7,12-13H,8-11,14H2,1-2H3. The van der Waals surface area contributed by atoms with Crippen LogP contribution in [0, 0.1) is 19.7 Å². The number of carbonyl (C=O) groups excluding carboxylic acids is 1. The molecule has 28 heavy (non-hydrogen) atoms. The van der Waals surface area contributed by atoms with Crippen LogP contribution in [0.25, 0.3) is 0 Å². The van der Waals surface area contributed by atoms with Crippen LogP contribution < -0.4 is 4.74 Å². The van der Waals surface area contributed by atoms with Gasteiger partial charge >= 0.3 is 0 Å². The van der Waals surface area contributed by atoms with Gasteiger partial charge in [-0.1, -0.05) is 23.8 Å². The van der Waals surface area contributed by atoms with E-state index in [4.69, 9.17) is 4.74 Å². The monoisotopic (exact) mass is 406 g/mol. The van der Waals surface area contributed by atoms with Crippen molar-refractivity contribution < 1.29 is 22.3 Å². The van der Waals surface area contributed by atoms with Crippen molar-refractivity contribution in [3.8, 4) is 5.75 Å². The predicted octanol–water partition coefficient (Wildman–Crippen LogP) is 2.35. The van der Waals surface area contributed by atoms with E-state index in [1.807, 2.05) is 32.0 Å². The lowest BCUT2D eigenvalue weighted by atomic mass is 10.1. The Morgan fingerprint density at radius 3 is 2.43 bits per heavy atom. The summed E-state index contributed by atoms with van der Waals surface area (Å²) in [5.74, 6) is -0.132. The summed E-state index contributed by atoms with van der Waals surface area (Å²) >= 11 is 0. The van der Waals surface area contributed by atoms with Gasteiger partial charge in [0.25, 0.3) is 5.91 Å². The van der Waals surface area contributed by atoms with Crippen molar-refractivity contribution in [1.29, 1.82) is 0 Å². The maximum absolute atomic E-state index is 13.4. The van der Waals surface area contributed by atoms with Gasteiger partial charge in [0.05, 0.1) is 4.90 Å². The number of hydrogen-bond donors (Lipinski definition) is 0. The van der Waals surface area contributed by atoms with E-state index in [9.17, 15) is 17.6 Å². The Hall–Kier alpha value is -2.45. The largest absolute Gasteiger partial charge is 0.484 e. The van der Waals surface area contributed by atoms with Gasteiger partial charge in [0.2, 0.25) is 10.0 Å². The van der Waals surface area contributed by atoms with Gasteiger partial charge in [-0.2, -0.15) is 4.31 Å². The van der Waals surface area contributed by atoms with E-state index in [1.165, 1.54) is 22.5 Å². The number of benzene rings is 2. The van der Waals surface area contributed by atoms with Crippen LogP contribution in [0.3, 0.4) is 0 Å². The number of rotatable bonds is 5. The van der Waals surface area contributed by atoms with Crippen LogP contribution in [0.4, 0.5) is 4.39 Å². The van der Waals surface area contributed by atoms with Crippen LogP contribution in [-0.2, 0) is 14.8 Å². The highest BCUT2D eigenvalue weighted by Gasteiger charge is 2.30. The predicted molar refractivity (Wildman–Crippen MR) is 103 cm³/mol. The first kappa shape index (κ1) is 20.3. The third kappa shape index (κ3) is 4.51. The molecular weight excluding hydrogens is 383 g/mol. The molecule has 8 heteroatoms. The van der Waals surface area contributed by atoms with E-state index >= 15 is 0 Å². The van der Waals surface area contributed by atoms with Crippen molar-refractivity contribution in [3.05, 3.63) is 59.4 Å². The lowest BCUT2D eigenvalue weighted by Crippen LogP contribution is -2.51. The Morgan fingerprint density at radius 2 is 1.79 bits per heavy atom. The molecule has 1 amide bonds. The number of carbonyl (C=O) groups is 1. The number of ether oxygens (including phenoxy) is 1. The Kier molecular flexibility index (Phi) is 6.00. The van der Waals surface area contributed by atoms with Gasteiger partial charge in [-0.05, 0) is 43.7 Å². The number of piperazine rings is 1. The molecule has 3 rings (SSSR count). The summed E-state index contributed by atoms with van der Waals surface area (Å²) in [6.07, 6.45) is 0. The Morgan fingerprint density at radius 1 is 1.07 bits per heavy atom. The molecule has 0 saturated carbocycles. The Bertz CT molecular complexity index is 970. The molecule has 1 aliphatic heterocycles. The zero-order valence-electron chi connectivity index (χ0n) is 15.9. The molecule has 2 aromatic rings. The van der Waals surface area contributed by atoms with E-state index in [2.05, 4.69) is 0 Å².